The minimum absolute atomic E-state index is 0.0212. The molecule has 10 heteroatoms. The molecule has 2 aromatic heterocycles. The predicted octanol–water partition coefficient (Wildman–Crippen LogP) is 2.87. The number of methoxy groups -OCH3 is 1. The molecule has 0 bridgehead atoms. The van der Waals surface area contributed by atoms with Gasteiger partial charge in [0.25, 0.3) is 5.91 Å². The Bertz CT molecular complexity index is 1160. The van der Waals surface area contributed by atoms with Crippen molar-refractivity contribution in [3.05, 3.63) is 54.5 Å². The minimum atomic E-state index is 0.0212. The van der Waals surface area contributed by atoms with Crippen LogP contribution < -0.4 is 11.1 Å². The Morgan fingerprint density at radius 1 is 1.22 bits per heavy atom. The van der Waals surface area contributed by atoms with Crippen LogP contribution in [0.1, 0.15) is 35.7 Å². The first kappa shape index (κ1) is 24.4. The second-order valence-electron chi connectivity index (χ2n) is 9.33. The SMILES string of the molecule is CO[C@H]1CCN(C(=O)c2ccc(Nc3nccc(-c4cnn(C(CN)C5CCOCC5)c4)n3)cc2)C1. The fraction of sp³-hybridized carbons (Fsp3) is 0.462. The Morgan fingerprint density at radius 3 is 2.75 bits per heavy atom. The number of hydrogen-bond acceptors (Lipinski definition) is 8. The molecule has 0 radical (unpaired) electrons. The number of amides is 1. The first-order valence-electron chi connectivity index (χ1n) is 12.5. The molecule has 36 heavy (non-hydrogen) atoms. The van der Waals surface area contributed by atoms with Gasteiger partial charge in [-0.05, 0) is 55.5 Å². The van der Waals surface area contributed by atoms with Gasteiger partial charge in [0, 0.05) is 69.2 Å². The minimum Gasteiger partial charge on any atom is -0.381 e. The third-order valence-electron chi connectivity index (χ3n) is 7.10. The summed E-state index contributed by atoms with van der Waals surface area (Å²) in [7, 11) is 1.69. The highest BCUT2D eigenvalue weighted by Crippen LogP contribution is 2.28. The van der Waals surface area contributed by atoms with E-state index in [9.17, 15) is 4.79 Å². The number of benzene rings is 1. The number of likely N-dealkylation sites (tertiary alicyclic amines) is 1. The summed E-state index contributed by atoms with van der Waals surface area (Å²) < 4.78 is 12.8. The van der Waals surface area contributed by atoms with E-state index in [-0.39, 0.29) is 18.1 Å². The molecule has 0 saturated carbocycles. The van der Waals surface area contributed by atoms with Gasteiger partial charge in [-0.3, -0.25) is 9.48 Å². The van der Waals surface area contributed by atoms with Crippen molar-refractivity contribution in [3.63, 3.8) is 0 Å². The van der Waals surface area contributed by atoms with Crippen LogP contribution in [0.15, 0.2) is 48.9 Å². The maximum atomic E-state index is 12.8. The van der Waals surface area contributed by atoms with Gasteiger partial charge >= 0.3 is 0 Å². The second-order valence-corrected chi connectivity index (χ2v) is 9.33. The molecule has 4 heterocycles. The first-order valence-corrected chi connectivity index (χ1v) is 12.5. The zero-order valence-electron chi connectivity index (χ0n) is 20.5. The van der Waals surface area contributed by atoms with Crippen LogP contribution in [-0.4, -0.2) is 76.6 Å². The molecule has 0 spiro atoms. The summed E-state index contributed by atoms with van der Waals surface area (Å²) in [4.78, 5) is 23.6. The van der Waals surface area contributed by atoms with Crippen LogP contribution in [0, 0.1) is 5.92 Å². The van der Waals surface area contributed by atoms with E-state index in [1.165, 1.54) is 0 Å². The molecular formula is C26H33N7O3. The van der Waals surface area contributed by atoms with Crippen LogP contribution in [0.3, 0.4) is 0 Å². The van der Waals surface area contributed by atoms with Crippen molar-refractivity contribution in [1.82, 2.24) is 24.6 Å². The summed E-state index contributed by atoms with van der Waals surface area (Å²) in [6, 6.07) is 9.38. The van der Waals surface area contributed by atoms with Crippen LogP contribution in [0.5, 0.6) is 0 Å². The van der Waals surface area contributed by atoms with Crippen LogP contribution in [0.25, 0.3) is 11.3 Å². The lowest BCUT2D eigenvalue weighted by Crippen LogP contribution is -2.31. The van der Waals surface area contributed by atoms with Crippen molar-refractivity contribution < 1.29 is 14.3 Å². The van der Waals surface area contributed by atoms with E-state index in [0.717, 1.165) is 56.0 Å². The molecule has 2 fully saturated rings. The molecule has 0 aliphatic carbocycles. The monoisotopic (exact) mass is 491 g/mol. The molecular weight excluding hydrogens is 458 g/mol. The molecule has 3 N–H and O–H groups in total. The van der Waals surface area contributed by atoms with Crippen molar-refractivity contribution in [1.29, 1.82) is 0 Å². The van der Waals surface area contributed by atoms with E-state index < -0.39 is 0 Å². The smallest absolute Gasteiger partial charge is 0.253 e. The molecule has 10 nitrogen and oxygen atoms in total. The number of nitrogens with one attached hydrogen (secondary N) is 1. The zero-order chi connectivity index (χ0) is 24.9. The van der Waals surface area contributed by atoms with Gasteiger partial charge < -0.3 is 25.4 Å². The molecule has 1 aromatic carbocycles. The number of rotatable bonds is 8. The number of carbonyl (C=O) groups is 1. The van der Waals surface area contributed by atoms with E-state index in [1.54, 1.807) is 13.3 Å². The van der Waals surface area contributed by atoms with Gasteiger partial charge in [-0.2, -0.15) is 5.10 Å². The van der Waals surface area contributed by atoms with Gasteiger partial charge in [0.05, 0.1) is 24.0 Å². The normalized spacial score (nSPS) is 19.4. The van der Waals surface area contributed by atoms with Crippen molar-refractivity contribution in [2.24, 2.45) is 11.7 Å². The molecule has 1 unspecified atom stereocenters. The number of anilines is 2. The molecule has 2 saturated heterocycles. The van der Waals surface area contributed by atoms with Gasteiger partial charge in [-0.25, -0.2) is 9.97 Å². The standard InChI is InChI=1S/C26H33N7O3/c1-35-22-7-11-32(17-22)25(34)19-2-4-21(5-3-19)30-26-28-10-6-23(31-26)20-15-29-33(16-20)24(14-27)18-8-12-36-13-9-18/h2-6,10,15-16,18,22,24H,7-9,11-14,17,27H2,1H3,(H,28,30,31)/t22-,24?/m0/s1. The average molecular weight is 492 g/mol. The fourth-order valence-corrected chi connectivity index (χ4v) is 4.96. The summed E-state index contributed by atoms with van der Waals surface area (Å²) in [6.07, 6.45) is 8.53. The Labute approximate surface area is 210 Å². The Hall–Kier alpha value is -3.34. The van der Waals surface area contributed by atoms with E-state index >= 15 is 0 Å². The molecule has 5 rings (SSSR count). The van der Waals surface area contributed by atoms with Crippen molar-refractivity contribution in [3.8, 4) is 11.3 Å². The third-order valence-corrected chi connectivity index (χ3v) is 7.10. The average Bonchev–Trinajstić information content (AvgIpc) is 3.61. The summed E-state index contributed by atoms with van der Waals surface area (Å²) in [5, 5.41) is 7.82. The van der Waals surface area contributed by atoms with Gasteiger partial charge in [0.15, 0.2) is 0 Å². The van der Waals surface area contributed by atoms with E-state index in [4.69, 9.17) is 15.2 Å². The van der Waals surface area contributed by atoms with Crippen LogP contribution in [0.4, 0.5) is 11.6 Å². The number of aromatic nitrogens is 4. The molecule has 1 amide bonds. The summed E-state index contributed by atoms with van der Waals surface area (Å²) in [5.74, 6) is 0.954. The number of carbonyl (C=O) groups excluding carboxylic acids is 1. The Balaban J connectivity index is 1.25. The topological polar surface area (TPSA) is 120 Å². The molecule has 3 aromatic rings. The number of hydrogen-bond donors (Lipinski definition) is 2. The lowest BCUT2D eigenvalue weighted by atomic mass is 9.92. The van der Waals surface area contributed by atoms with Gasteiger partial charge in [0.2, 0.25) is 5.95 Å². The van der Waals surface area contributed by atoms with Crippen LogP contribution in [-0.2, 0) is 9.47 Å². The van der Waals surface area contributed by atoms with Crippen molar-refractivity contribution >= 4 is 17.5 Å². The Kier molecular flexibility index (Phi) is 7.55. The maximum absolute atomic E-state index is 12.8. The Morgan fingerprint density at radius 2 is 2.03 bits per heavy atom. The van der Waals surface area contributed by atoms with Gasteiger partial charge in [0.1, 0.15) is 0 Å². The molecule has 190 valence electrons. The highest BCUT2D eigenvalue weighted by Gasteiger charge is 2.27. The molecule has 2 aliphatic heterocycles. The number of nitrogens with zero attached hydrogens (tertiary/aromatic N) is 5. The lowest BCUT2D eigenvalue weighted by Gasteiger charge is -2.29. The maximum Gasteiger partial charge on any atom is 0.253 e. The van der Waals surface area contributed by atoms with E-state index in [1.807, 2.05) is 52.3 Å². The summed E-state index contributed by atoms with van der Waals surface area (Å²) in [5.41, 5.74) is 9.24. The quantitative estimate of drug-likeness (QED) is 0.494. The summed E-state index contributed by atoms with van der Waals surface area (Å²) >= 11 is 0. The second kappa shape index (κ2) is 11.2. The summed E-state index contributed by atoms with van der Waals surface area (Å²) in [6.45, 7) is 3.44. The molecule has 2 atom stereocenters. The van der Waals surface area contributed by atoms with Gasteiger partial charge in [-0.15, -0.1) is 0 Å². The largest absolute Gasteiger partial charge is 0.381 e. The highest BCUT2D eigenvalue weighted by molar-refractivity contribution is 5.94. The van der Waals surface area contributed by atoms with E-state index in [2.05, 4.69) is 20.4 Å². The fourth-order valence-electron chi connectivity index (χ4n) is 4.96. The van der Waals surface area contributed by atoms with Crippen molar-refractivity contribution in [2.75, 3.05) is 45.3 Å². The van der Waals surface area contributed by atoms with Crippen LogP contribution in [0.2, 0.25) is 0 Å². The number of ether oxygens (including phenoxy) is 2. The van der Waals surface area contributed by atoms with Gasteiger partial charge in [-0.1, -0.05) is 0 Å². The highest BCUT2D eigenvalue weighted by atomic mass is 16.5. The lowest BCUT2D eigenvalue weighted by molar-refractivity contribution is 0.0480. The van der Waals surface area contributed by atoms with Crippen molar-refractivity contribution in [2.45, 2.75) is 31.4 Å². The molecule has 2 aliphatic rings. The third kappa shape index (κ3) is 5.40. The van der Waals surface area contributed by atoms with E-state index in [0.29, 0.717) is 30.5 Å². The zero-order valence-corrected chi connectivity index (χ0v) is 20.5. The number of nitrogens with two attached hydrogens (primary N) is 1. The predicted molar refractivity (Wildman–Crippen MR) is 136 cm³/mol. The van der Waals surface area contributed by atoms with Crippen LogP contribution >= 0.6 is 0 Å². The first-order chi connectivity index (χ1) is 17.6.